The van der Waals surface area contributed by atoms with E-state index < -0.39 is 17.9 Å². The van der Waals surface area contributed by atoms with Crippen LogP contribution in [0.15, 0.2) is 23.2 Å². The number of benzene rings is 1. The van der Waals surface area contributed by atoms with Crippen molar-refractivity contribution in [3.05, 3.63) is 35.2 Å². The van der Waals surface area contributed by atoms with Crippen LogP contribution in [-0.2, 0) is 6.54 Å². The number of carbonyl (C=O) groups is 2. The molecule has 1 aromatic carbocycles. The second kappa shape index (κ2) is 8.95. The number of hydrogen-bond donors (Lipinski definition) is 3. The standard InChI is InChI=1S/C20H26N6O4/c1-4-25-16(8-12(2)23-25)20(29)24-26-14(11-27)6-5-7-30-17-10-13(19(21)28)9-15(22-3)18(17)26/h8-10,14,27H,3-7,11H2,1-2H3,(H2,21,28)(H,24,29). The normalized spacial score (nSPS) is 16.1. The van der Waals surface area contributed by atoms with Gasteiger partial charge in [0, 0.05) is 12.1 Å². The molecule has 1 aliphatic rings. The van der Waals surface area contributed by atoms with E-state index in [0.29, 0.717) is 48.8 Å². The lowest BCUT2D eigenvalue weighted by molar-refractivity contribution is 0.0924. The number of aromatic nitrogens is 2. The van der Waals surface area contributed by atoms with Crippen LogP contribution in [0.4, 0.5) is 11.4 Å². The zero-order valence-corrected chi connectivity index (χ0v) is 17.1. The molecule has 30 heavy (non-hydrogen) atoms. The lowest BCUT2D eigenvalue weighted by Crippen LogP contribution is -2.51. The molecule has 2 aromatic rings. The summed E-state index contributed by atoms with van der Waals surface area (Å²) in [7, 11) is 0. The summed E-state index contributed by atoms with van der Waals surface area (Å²) in [6.45, 7) is 7.98. The number of nitrogens with one attached hydrogen (secondary N) is 1. The number of rotatable bonds is 6. The van der Waals surface area contributed by atoms with Crippen LogP contribution < -0.4 is 20.9 Å². The number of amides is 2. The fourth-order valence-electron chi connectivity index (χ4n) is 3.48. The zero-order valence-electron chi connectivity index (χ0n) is 17.1. The number of hydrazine groups is 1. The van der Waals surface area contributed by atoms with Gasteiger partial charge >= 0.3 is 0 Å². The maximum Gasteiger partial charge on any atom is 0.288 e. The first-order valence-corrected chi connectivity index (χ1v) is 9.72. The number of fused-ring (bicyclic) bond motifs is 1. The van der Waals surface area contributed by atoms with Gasteiger partial charge in [0.1, 0.15) is 17.1 Å². The molecule has 0 saturated carbocycles. The van der Waals surface area contributed by atoms with Crippen LogP contribution in [-0.4, -0.2) is 52.7 Å². The van der Waals surface area contributed by atoms with Gasteiger partial charge in [0.05, 0.1) is 30.6 Å². The summed E-state index contributed by atoms with van der Waals surface area (Å²) in [5.41, 5.74) is 10.3. The molecule has 0 fully saturated rings. The van der Waals surface area contributed by atoms with Crippen LogP contribution in [0.3, 0.4) is 0 Å². The predicted molar refractivity (Wildman–Crippen MR) is 112 cm³/mol. The number of aryl methyl sites for hydroxylation is 2. The maximum absolute atomic E-state index is 13.1. The Morgan fingerprint density at radius 1 is 1.43 bits per heavy atom. The molecule has 0 bridgehead atoms. The van der Waals surface area contributed by atoms with E-state index in [4.69, 9.17) is 10.5 Å². The number of aliphatic imine (C=N–C) groups is 1. The molecule has 1 unspecified atom stereocenters. The van der Waals surface area contributed by atoms with E-state index in [1.54, 1.807) is 10.7 Å². The van der Waals surface area contributed by atoms with Crippen molar-refractivity contribution in [2.75, 3.05) is 18.2 Å². The molecule has 160 valence electrons. The number of anilines is 1. The summed E-state index contributed by atoms with van der Waals surface area (Å²) in [6.07, 6.45) is 1.21. The number of primary amides is 1. The van der Waals surface area contributed by atoms with Gasteiger partial charge < -0.3 is 15.6 Å². The summed E-state index contributed by atoms with van der Waals surface area (Å²) < 4.78 is 7.43. The molecular formula is C20H26N6O4. The SMILES string of the molecule is C=Nc1cc(C(N)=O)cc2c1N(NC(=O)c1cc(C)nn1CC)C(CO)CCCO2. The van der Waals surface area contributed by atoms with Crippen LogP contribution in [0.2, 0.25) is 0 Å². The Kier molecular flexibility index (Phi) is 6.36. The second-order valence-electron chi connectivity index (χ2n) is 6.99. The molecule has 4 N–H and O–H groups in total. The summed E-state index contributed by atoms with van der Waals surface area (Å²) >= 11 is 0. The Morgan fingerprint density at radius 3 is 2.83 bits per heavy atom. The molecular weight excluding hydrogens is 388 g/mol. The van der Waals surface area contributed by atoms with E-state index >= 15 is 0 Å². The highest BCUT2D eigenvalue weighted by molar-refractivity contribution is 5.98. The highest BCUT2D eigenvalue weighted by Crippen LogP contribution is 2.41. The number of nitrogens with zero attached hydrogens (tertiary/aromatic N) is 4. The van der Waals surface area contributed by atoms with Crippen LogP contribution in [0.5, 0.6) is 5.75 Å². The monoisotopic (exact) mass is 414 g/mol. The molecule has 0 radical (unpaired) electrons. The van der Waals surface area contributed by atoms with Crippen LogP contribution >= 0.6 is 0 Å². The minimum Gasteiger partial charge on any atom is -0.491 e. The van der Waals surface area contributed by atoms with Gasteiger partial charge in [-0.25, -0.2) is 0 Å². The van der Waals surface area contributed by atoms with E-state index in [-0.39, 0.29) is 12.2 Å². The highest BCUT2D eigenvalue weighted by atomic mass is 16.5. The summed E-state index contributed by atoms with van der Waals surface area (Å²) in [6, 6.07) is 4.24. The van der Waals surface area contributed by atoms with Gasteiger partial charge in [-0.05, 0) is 51.6 Å². The molecule has 2 amide bonds. The minimum atomic E-state index is -0.634. The number of nitrogens with two attached hydrogens (primary N) is 1. The molecule has 0 saturated heterocycles. The van der Waals surface area contributed by atoms with Crippen molar-refractivity contribution in [2.45, 2.75) is 39.3 Å². The van der Waals surface area contributed by atoms with Gasteiger partial charge in [0.15, 0.2) is 0 Å². The van der Waals surface area contributed by atoms with E-state index in [1.165, 1.54) is 17.1 Å². The largest absolute Gasteiger partial charge is 0.491 e. The summed E-state index contributed by atoms with van der Waals surface area (Å²) in [5, 5.41) is 15.9. The molecule has 1 atom stereocenters. The molecule has 10 nitrogen and oxygen atoms in total. The third-order valence-corrected chi connectivity index (χ3v) is 4.92. The van der Waals surface area contributed by atoms with Gasteiger partial charge in [0.2, 0.25) is 5.91 Å². The van der Waals surface area contributed by atoms with E-state index in [1.807, 2.05) is 13.8 Å². The third-order valence-electron chi connectivity index (χ3n) is 4.92. The molecule has 0 spiro atoms. The van der Waals surface area contributed by atoms with Crippen molar-refractivity contribution < 1.29 is 19.4 Å². The van der Waals surface area contributed by atoms with Gasteiger partial charge in [0.25, 0.3) is 5.91 Å². The average Bonchev–Trinajstić information content (AvgIpc) is 3.11. The van der Waals surface area contributed by atoms with Gasteiger partial charge in [-0.2, -0.15) is 5.10 Å². The Labute approximate surface area is 174 Å². The molecule has 10 heteroatoms. The van der Waals surface area contributed by atoms with Crippen molar-refractivity contribution >= 4 is 29.9 Å². The fourth-order valence-corrected chi connectivity index (χ4v) is 3.48. The Hall–Kier alpha value is -3.40. The first kappa shape index (κ1) is 21.3. The zero-order chi connectivity index (χ0) is 21.8. The maximum atomic E-state index is 13.1. The predicted octanol–water partition coefficient (Wildman–Crippen LogP) is 1.33. The average molecular weight is 414 g/mol. The van der Waals surface area contributed by atoms with Crippen LogP contribution in [0.25, 0.3) is 0 Å². The Morgan fingerprint density at radius 2 is 2.20 bits per heavy atom. The Balaban J connectivity index is 2.10. The molecule has 0 aliphatic carbocycles. The van der Waals surface area contributed by atoms with Crippen molar-refractivity contribution in [3.8, 4) is 5.75 Å². The Bertz CT molecular complexity index is 970. The first-order valence-electron chi connectivity index (χ1n) is 9.72. The molecule has 2 heterocycles. The summed E-state index contributed by atoms with van der Waals surface area (Å²) in [4.78, 5) is 28.8. The van der Waals surface area contributed by atoms with Crippen molar-refractivity contribution in [1.82, 2.24) is 15.2 Å². The number of hydrogen-bond acceptors (Lipinski definition) is 7. The number of carbonyl (C=O) groups excluding carboxylic acids is 2. The highest BCUT2D eigenvalue weighted by Gasteiger charge is 2.30. The van der Waals surface area contributed by atoms with Crippen LogP contribution in [0.1, 0.15) is 46.3 Å². The van der Waals surface area contributed by atoms with E-state index in [9.17, 15) is 14.7 Å². The van der Waals surface area contributed by atoms with E-state index in [2.05, 4.69) is 22.2 Å². The van der Waals surface area contributed by atoms with Crippen molar-refractivity contribution in [2.24, 2.45) is 10.7 Å². The third kappa shape index (κ3) is 4.13. The van der Waals surface area contributed by atoms with Gasteiger partial charge in [-0.3, -0.25) is 29.7 Å². The summed E-state index contributed by atoms with van der Waals surface area (Å²) in [5.74, 6) is -0.700. The van der Waals surface area contributed by atoms with Gasteiger partial charge in [-0.15, -0.1) is 0 Å². The molecule has 1 aliphatic heterocycles. The lowest BCUT2D eigenvalue weighted by Gasteiger charge is -2.36. The van der Waals surface area contributed by atoms with Gasteiger partial charge in [-0.1, -0.05) is 0 Å². The fraction of sp³-hybridized carbons (Fsp3) is 0.400. The number of aliphatic hydroxyl groups excluding tert-OH is 1. The number of ether oxygens (including phenoxy) is 1. The smallest absolute Gasteiger partial charge is 0.288 e. The quantitative estimate of drug-likeness (QED) is 0.610. The van der Waals surface area contributed by atoms with Crippen molar-refractivity contribution in [3.63, 3.8) is 0 Å². The lowest BCUT2D eigenvalue weighted by atomic mass is 10.1. The first-order chi connectivity index (χ1) is 14.4. The molecule has 1 aromatic heterocycles. The topological polar surface area (TPSA) is 135 Å². The van der Waals surface area contributed by atoms with Crippen molar-refractivity contribution in [1.29, 1.82) is 0 Å². The van der Waals surface area contributed by atoms with Crippen LogP contribution in [0, 0.1) is 6.92 Å². The second-order valence-corrected chi connectivity index (χ2v) is 6.99. The number of aliphatic hydroxyl groups is 1. The minimum absolute atomic E-state index is 0.208. The molecule has 3 rings (SSSR count). The van der Waals surface area contributed by atoms with E-state index in [0.717, 1.165) is 5.69 Å².